The molecule has 1 amide bonds. The number of hydrogen-bond acceptors (Lipinski definition) is 4. The molecule has 31 heavy (non-hydrogen) atoms. The van der Waals surface area contributed by atoms with Gasteiger partial charge in [0.15, 0.2) is 5.65 Å². The highest BCUT2D eigenvalue weighted by Crippen LogP contribution is 2.40. The van der Waals surface area contributed by atoms with E-state index in [2.05, 4.69) is 19.9 Å². The van der Waals surface area contributed by atoms with Gasteiger partial charge >= 0.3 is 0 Å². The van der Waals surface area contributed by atoms with Gasteiger partial charge in [0.25, 0.3) is 5.91 Å². The summed E-state index contributed by atoms with van der Waals surface area (Å²) in [4.78, 5) is 22.0. The third-order valence-electron chi connectivity index (χ3n) is 6.84. The number of halogens is 1. The lowest BCUT2D eigenvalue weighted by Crippen LogP contribution is -2.39. The maximum atomic E-state index is 13.8. The first-order chi connectivity index (χ1) is 15.1. The van der Waals surface area contributed by atoms with E-state index in [9.17, 15) is 9.18 Å². The molecule has 1 aliphatic heterocycles. The van der Waals surface area contributed by atoms with Crippen LogP contribution in [0.3, 0.4) is 0 Å². The Morgan fingerprint density at radius 3 is 2.77 bits per heavy atom. The van der Waals surface area contributed by atoms with Crippen LogP contribution in [0.5, 0.6) is 0 Å². The highest BCUT2D eigenvalue weighted by Gasteiger charge is 2.36. The van der Waals surface area contributed by atoms with E-state index in [0.717, 1.165) is 68.5 Å². The average molecular weight is 423 g/mol. The number of benzene rings is 1. The predicted molar refractivity (Wildman–Crippen MR) is 115 cm³/mol. The second kappa shape index (κ2) is 8.38. The van der Waals surface area contributed by atoms with Gasteiger partial charge in [0, 0.05) is 37.4 Å². The van der Waals surface area contributed by atoms with Crippen molar-refractivity contribution in [3.05, 3.63) is 59.8 Å². The number of fused-ring (bicyclic) bond motifs is 1. The summed E-state index contributed by atoms with van der Waals surface area (Å²) in [5.74, 6) is -0.400. The number of imidazole rings is 1. The van der Waals surface area contributed by atoms with E-state index in [0.29, 0.717) is 18.2 Å². The van der Waals surface area contributed by atoms with Gasteiger partial charge in [-0.25, -0.2) is 14.4 Å². The normalized spacial score (nSPS) is 19.0. The second-order valence-electron chi connectivity index (χ2n) is 8.74. The molecule has 1 saturated carbocycles. The van der Waals surface area contributed by atoms with Crippen LogP contribution in [-0.4, -0.2) is 40.2 Å². The van der Waals surface area contributed by atoms with Gasteiger partial charge in [0.1, 0.15) is 11.3 Å². The highest BCUT2D eigenvalue weighted by molar-refractivity contribution is 5.96. The van der Waals surface area contributed by atoms with Gasteiger partial charge in [-0.2, -0.15) is 0 Å². The van der Waals surface area contributed by atoms with Crippen molar-refractivity contribution >= 4 is 17.1 Å². The summed E-state index contributed by atoms with van der Waals surface area (Å²) in [5, 5.41) is 3.08. The summed E-state index contributed by atoms with van der Waals surface area (Å²) in [6, 6.07) is 8.92. The number of nitrogens with one attached hydrogen (secondary N) is 1. The van der Waals surface area contributed by atoms with Crippen molar-refractivity contribution in [3.8, 4) is 0 Å². The Balaban J connectivity index is 1.33. The van der Waals surface area contributed by atoms with E-state index in [1.807, 2.05) is 12.4 Å². The number of carbonyl (C=O) groups excluding carboxylic acids is 1. The lowest BCUT2D eigenvalue weighted by atomic mass is 9.78. The molecule has 1 aromatic carbocycles. The zero-order valence-corrected chi connectivity index (χ0v) is 17.5. The fraction of sp³-hybridized carbons (Fsp3) is 0.458. The van der Waals surface area contributed by atoms with Crippen LogP contribution in [0.2, 0.25) is 0 Å². The molecule has 2 aliphatic rings. The number of nitrogens with zero attached hydrogens (tertiary/aromatic N) is 3. The van der Waals surface area contributed by atoms with Crippen molar-refractivity contribution in [1.82, 2.24) is 19.9 Å². The largest absolute Gasteiger partial charge is 0.381 e. The molecule has 3 aromatic rings. The van der Waals surface area contributed by atoms with E-state index in [1.165, 1.54) is 6.07 Å². The molecule has 3 heterocycles. The first-order valence-corrected chi connectivity index (χ1v) is 11.1. The Hall–Kier alpha value is -2.80. The SMILES string of the molecule is O=C(NCC1(c2cccc(F)c2)CCCC1)c1cnc2c(c1)ncn2C1CCOCC1. The number of aromatic nitrogens is 3. The molecule has 7 heteroatoms. The van der Waals surface area contributed by atoms with Gasteiger partial charge in [0.05, 0.1) is 11.9 Å². The lowest BCUT2D eigenvalue weighted by Gasteiger charge is -2.30. The minimum atomic E-state index is -0.232. The third kappa shape index (κ3) is 3.94. The predicted octanol–water partition coefficient (Wildman–Crippen LogP) is 4.16. The molecule has 2 aromatic heterocycles. The van der Waals surface area contributed by atoms with Crippen LogP contribution in [0.4, 0.5) is 4.39 Å². The summed E-state index contributed by atoms with van der Waals surface area (Å²) in [5.41, 5.74) is 2.78. The Bertz CT molecular complexity index is 1080. The fourth-order valence-corrected chi connectivity index (χ4v) is 5.06. The molecule has 2 fully saturated rings. The van der Waals surface area contributed by atoms with Gasteiger partial charge in [-0.1, -0.05) is 25.0 Å². The van der Waals surface area contributed by atoms with E-state index in [4.69, 9.17) is 4.74 Å². The van der Waals surface area contributed by atoms with Crippen molar-refractivity contribution in [2.24, 2.45) is 0 Å². The number of amides is 1. The molecule has 5 rings (SSSR count). The Labute approximate surface area is 180 Å². The molecular formula is C24H27FN4O2. The van der Waals surface area contributed by atoms with Crippen molar-refractivity contribution in [2.75, 3.05) is 19.8 Å². The maximum Gasteiger partial charge on any atom is 0.252 e. The Morgan fingerprint density at radius 2 is 2.00 bits per heavy atom. The Kier molecular flexibility index (Phi) is 5.44. The number of pyridine rings is 1. The van der Waals surface area contributed by atoms with Gasteiger partial charge < -0.3 is 14.6 Å². The van der Waals surface area contributed by atoms with Gasteiger partial charge in [-0.15, -0.1) is 0 Å². The van der Waals surface area contributed by atoms with Crippen LogP contribution in [0.25, 0.3) is 11.2 Å². The molecule has 0 radical (unpaired) electrons. The summed E-state index contributed by atoms with van der Waals surface area (Å²) < 4.78 is 21.4. The number of carbonyl (C=O) groups is 1. The monoisotopic (exact) mass is 422 g/mol. The first-order valence-electron chi connectivity index (χ1n) is 11.1. The van der Waals surface area contributed by atoms with E-state index < -0.39 is 0 Å². The average Bonchev–Trinajstić information content (AvgIpc) is 3.46. The summed E-state index contributed by atoms with van der Waals surface area (Å²) >= 11 is 0. The van der Waals surface area contributed by atoms with E-state index in [1.54, 1.807) is 24.4 Å². The maximum absolute atomic E-state index is 13.8. The van der Waals surface area contributed by atoms with Crippen LogP contribution >= 0.6 is 0 Å². The number of ether oxygens (including phenoxy) is 1. The van der Waals surface area contributed by atoms with Gasteiger partial charge in [-0.3, -0.25) is 4.79 Å². The van der Waals surface area contributed by atoms with Crippen LogP contribution < -0.4 is 5.32 Å². The molecular weight excluding hydrogens is 395 g/mol. The zero-order valence-electron chi connectivity index (χ0n) is 17.5. The van der Waals surface area contributed by atoms with Crippen molar-refractivity contribution < 1.29 is 13.9 Å². The van der Waals surface area contributed by atoms with E-state index in [-0.39, 0.29) is 17.1 Å². The molecule has 1 N–H and O–H groups in total. The van der Waals surface area contributed by atoms with Crippen LogP contribution in [-0.2, 0) is 10.2 Å². The van der Waals surface area contributed by atoms with Crippen LogP contribution in [0.1, 0.15) is 60.5 Å². The van der Waals surface area contributed by atoms with E-state index >= 15 is 0 Å². The van der Waals surface area contributed by atoms with Crippen LogP contribution in [0.15, 0.2) is 42.9 Å². The summed E-state index contributed by atoms with van der Waals surface area (Å²) in [6.45, 7) is 1.99. The summed E-state index contributed by atoms with van der Waals surface area (Å²) in [7, 11) is 0. The minimum Gasteiger partial charge on any atom is -0.381 e. The fourth-order valence-electron chi connectivity index (χ4n) is 5.06. The smallest absolute Gasteiger partial charge is 0.252 e. The number of hydrogen-bond donors (Lipinski definition) is 1. The molecule has 6 nitrogen and oxygen atoms in total. The molecule has 0 bridgehead atoms. The van der Waals surface area contributed by atoms with Crippen molar-refractivity contribution in [3.63, 3.8) is 0 Å². The number of rotatable bonds is 5. The molecule has 1 saturated heterocycles. The molecule has 0 atom stereocenters. The zero-order chi connectivity index (χ0) is 21.3. The molecule has 0 unspecified atom stereocenters. The summed E-state index contributed by atoms with van der Waals surface area (Å²) in [6.07, 6.45) is 9.39. The third-order valence-corrected chi connectivity index (χ3v) is 6.84. The highest BCUT2D eigenvalue weighted by atomic mass is 19.1. The van der Waals surface area contributed by atoms with Gasteiger partial charge in [0.2, 0.25) is 0 Å². The molecule has 0 spiro atoms. The second-order valence-corrected chi connectivity index (χ2v) is 8.74. The van der Waals surface area contributed by atoms with Crippen LogP contribution in [0, 0.1) is 5.82 Å². The lowest BCUT2D eigenvalue weighted by molar-refractivity contribution is 0.0704. The van der Waals surface area contributed by atoms with Gasteiger partial charge in [-0.05, 0) is 49.4 Å². The van der Waals surface area contributed by atoms with Crippen molar-refractivity contribution in [1.29, 1.82) is 0 Å². The van der Waals surface area contributed by atoms with Crippen molar-refractivity contribution in [2.45, 2.75) is 50.0 Å². The first kappa shape index (κ1) is 20.1. The standard InChI is InChI=1S/C24H27FN4O2/c25-19-5-3-4-18(13-19)24(8-1-2-9-24)15-27-23(30)17-12-21-22(26-14-17)29(16-28-21)20-6-10-31-11-7-20/h3-5,12-14,16,20H,1-2,6-11,15H2,(H,27,30). The Morgan fingerprint density at radius 1 is 1.19 bits per heavy atom. The minimum absolute atomic E-state index is 0.169. The topological polar surface area (TPSA) is 69.0 Å². The quantitative estimate of drug-likeness (QED) is 0.670. The molecule has 1 aliphatic carbocycles. The molecule has 162 valence electrons.